The number of aromatic nitrogens is 5. The number of amides is 1. The van der Waals surface area contributed by atoms with E-state index in [1.807, 2.05) is 30.3 Å². The van der Waals surface area contributed by atoms with E-state index < -0.39 is 22.9 Å². The Balaban J connectivity index is 1.48. The number of halogens is 1. The van der Waals surface area contributed by atoms with E-state index in [9.17, 15) is 14.0 Å². The zero-order valence-electron chi connectivity index (χ0n) is 20.2. The summed E-state index contributed by atoms with van der Waals surface area (Å²) >= 11 is 1.11. The predicted octanol–water partition coefficient (Wildman–Crippen LogP) is 2.28. The highest BCUT2D eigenvalue weighted by molar-refractivity contribution is 7.02. The lowest BCUT2D eigenvalue weighted by Crippen LogP contribution is -2.43. The fourth-order valence-electron chi connectivity index (χ4n) is 4.09. The third-order valence-corrected chi connectivity index (χ3v) is 6.41. The standard InChI is InChI=1S/C25H23FN6O4S/c1-25(2)24-28-20(21(23(34)31(24)10-11-36-25)35-14-16-6-4-3-5-7-16)22(33)27-13-17-8-9-18(26)12-19(17)32-15-37-30-29-32/h3-9,12,15H,10-11,13-14H2,1-2H3/p+1. The lowest BCUT2D eigenvalue weighted by molar-refractivity contribution is -0.659. The minimum atomic E-state index is -0.872. The van der Waals surface area contributed by atoms with Gasteiger partial charge < -0.3 is 14.8 Å². The summed E-state index contributed by atoms with van der Waals surface area (Å²) in [7, 11) is 0. The average molecular weight is 524 g/mol. The average Bonchev–Trinajstić information content (AvgIpc) is 3.43. The van der Waals surface area contributed by atoms with Gasteiger partial charge in [-0.15, -0.1) is 0 Å². The van der Waals surface area contributed by atoms with E-state index in [0.29, 0.717) is 30.2 Å². The van der Waals surface area contributed by atoms with Crippen LogP contribution in [0.4, 0.5) is 4.39 Å². The van der Waals surface area contributed by atoms with Gasteiger partial charge in [-0.2, -0.15) is 0 Å². The van der Waals surface area contributed by atoms with E-state index in [0.717, 1.165) is 17.1 Å². The predicted molar refractivity (Wildman–Crippen MR) is 131 cm³/mol. The van der Waals surface area contributed by atoms with E-state index in [4.69, 9.17) is 9.47 Å². The maximum absolute atomic E-state index is 13.9. The molecule has 37 heavy (non-hydrogen) atoms. The van der Waals surface area contributed by atoms with E-state index in [-0.39, 0.29) is 24.6 Å². The SMILES string of the molecule is CC1(C)OCCn2c1nc(C(=O)NCc1ccc(F)cc1-[n+]1csnn1)c(OCc1ccccc1)c2=O. The van der Waals surface area contributed by atoms with Gasteiger partial charge in [0.15, 0.2) is 28.1 Å². The molecule has 1 amide bonds. The molecular formula is C25H24FN6O4S+. The first-order valence-corrected chi connectivity index (χ1v) is 12.4. The van der Waals surface area contributed by atoms with Gasteiger partial charge in [0.1, 0.15) is 28.3 Å². The van der Waals surface area contributed by atoms with Gasteiger partial charge in [-0.3, -0.25) is 14.2 Å². The molecule has 190 valence electrons. The second-order valence-electron chi connectivity index (χ2n) is 8.89. The van der Waals surface area contributed by atoms with Crippen molar-refractivity contribution in [3.05, 3.63) is 92.9 Å². The second-order valence-corrected chi connectivity index (χ2v) is 9.47. The smallest absolute Gasteiger partial charge is 0.296 e. The highest BCUT2D eigenvalue weighted by atomic mass is 32.1. The molecule has 12 heteroatoms. The van der Waals surface area contributed by atoms with Crippen LogP contribution < -0.4 is 20.3 Å². The van der Waals surface area contributed by atoms with Crippen molar-refractivity contribution in [1.29, 1.82) is 0 Å². The summed E-state index contributed by atoms with van der Waals surface area (Å²) in [4.78, 5) is 31.4. The molecule has 0 fully saturated rings. The van der Waals surface area contributed by atoms with Crippen LogP contribution in [0.3, 0.4) is 0 Å². The summed E-state index contributed by atoms with van der Waals surface area (Å²) in [5, 5.41) is 6.72. The van der Waals surface area contributed by atoms with Gasteiger partial charge in [0.05, 0.1) is 13.2 Å². The van der Waals surface area contributed by atoms with Gasteiger partial charge in [0.25, 0.3) is 11.5 Å². The number of hydrogen-bond donors (Lipinski definition) is 1. The molecule has 4 aromatic rings. The molecule has 1 aliphatic rings. The van der Waals surface area contributed by atoms with E-state index in [1.165, 1.54) is 21.4 Å². The summed E-state index contributed by atoms with van der Waals surface area (Å²) in [6.07, 6.45) is 0. The first-order valence-electron chi connectivity index (χ1n) is 11.6. The topological polar surface area (TPSA) is 112 Å². The summed E-state index contributed by atoms with van der Waals surface area (Å²) in [6, 6.07) is 13.5. The van der Waals surface area contributed by atoms with Gasteiger partial charge in [-0.1, -0.05) is 41.1 Å². The first-order chi connectivity index (χ1) is 17.8. The van der Waals surface area contributed by atoms with Crippen molar-refractivity contribution in [3.8, 4) is 11.4 Å². The van der Waals surface area contributed by atoms with Crippen molar-refractivity contribution < 1.29 is 23.3 Å². The first kappa shape index (κ1) is 24.7. The number of carbonyl (C=O) groups excluding carboxylic acids is 1. The maximum Gasteiger partial charge on any atom is 0.296 e. The number of fused-ring (bicyclic) bond motifs is 1. The molecule has 5 rings (SSSR count). The molecule has 0 atom stereocenters. The number of benzene rings is 2. The fourth-order valence-corrected chi connectivity index (χ4v) is 4.49. The number of carbonyl (C=O) groups is 1. The van der Waals surface area contributed by atoms with Gasteiger partial charge in [0.2, 0.25) is 11.3 Å². The Morgan fingerprint density at radius 1 is 1.27 bits per heavy atom. The van der Waals surface area contributed by atoms with Crippen molar-refractivity contribution in [2.45, 2.75) is 39.1 Å². The normalized spacial score (nSPS) is 14.1. The van der Waals surface area contributed by atoms with Crippen molar-refractivity contribution in [2.24, 2.45) is 0 Å². The summed E-state index contributed by atoms with van der Waals surface area (Å²) in [5.74, 6) is -0.858. The third kappa shape index (κ3) is 5.11. The molecular weight excluding hydrogens is 499 g/mol. The Kier molecular flexibility index (Phi) is 6.76. The monoisotopic (exact) mass is 523 g/mol. The van der Waals surface area contributed by atoms with Crippen LogP contribution in [-0.4, -0.2) is 31.8 Å². The van der Waals surface area contributed by atoms with Crippen LogP contribution in [0.2, 0.25) is 0 Å². The zero-order chi connectivity index (χ0) is 26.0. The Morgan fingerprint density at radius 2 is 2.08 bits per heavy atom. The highest BCUT2D eigenvalue weighted by Gasteiger charge is 2.35. The number of rotatable bonds is 7. The minimum Gasteiger partial charge on any atom is -0.481 e. The number of nitrogens with one attached hydrogen (secondary N) is 1. The molecule has 2 aromatic carbocycles. The Hall–Kier alpha value is -4.03. The van der Waals surface area contributed by atoms with Gasteiger partial charge in [0, 0.05) is 18.2 Å². The van der Waals surface area contributed by atoms with E-state index >= 15 is 0 Å². The van der Waals surface area contributed by atoms with Crippen LogP contribution in [0.15, 0.2) is 58.8 Å². The third-order valence-electron chi connectivity index (χ3n) is 5.95. The molecule has 3 heterocycles. The summed E-state index contributed by atoms with van der Waals surface area (Å²) in [6.45, 7) is 4.33. The molecule has 0 aliphatic carbocycles. The van der Waals surface area contributed by atoms with Crippen LogP contribution >= 0.6 is 11.5 Å². The van der Waals surface area contributed by atoms with Crippen LogP contribution in [-0.2, 0) is 30.0 Å². The summed E-state index contributed by atoms with van der Waals surface area (Å²) < 4.78 is 32.3. The quantitative estimate of drug-likeness (QED) is 0.370. The highest BCUT2D eigenvalue weighted by Crippen LogP contribution is 2.28. The number of hydrogen-bond acceptors (Lipinski definition) is 8. The van der Waals surface area contributed by atoms with E-state index in [2.05, 4.69) is 20.0 Å². The molecule has 2 aromatic heterocycles. The Bertz CT molecular complexity index is 1490. The summed E-state index contributed by atoms with van der Waals surface area (Å²) in [5.41, 5.74) is 2.02. The fraction of sp³-hybridized carbons (Fsp3) is 0.280. The van der Waals surface area contributed by atoms with Crippen LogP contribution in [0.25, 0.3) is 5.69 Å². The Labute approximate surface area is 215 Å². The van der Waals surface area contributed by atoms with Gasteiger partial charge in [-0.25, -0.2) is 9.37 Å². The van der Waals surface area contributed by atoms with Crippen LogP contribution in [0, 0.1) is 5.82 Å². The number of ether oxygens (including phenoxy) is 2. The zero-order valence-corrected chi connectivity index (χ0v) is 21.0. The largest absolute Gasteiger partial charge is 0.481 e. The Morgan fingerprint density at radius 3 is 2.84 bits per heavy atom. The van der Waals surface area contributed by atoms with Crippen LogP contribution in [0.1, 0.15) is 41.3 Å². The maximum atomic E-state index is 13.9. The molecule has 10 nitrogen and oxygen atoms in total. The molecule has 1 aliphatic heterocycles. The van der Waals surface area contributed by atoms with Gasteiger partial charge in [-0.05, 0) is 25.5 Å². The second kappa shape index (κ2) is 10.1. The lowest BCUT2D eigenvalue weighted by atomic mass is 10.1. The van der Waals surface area contributed by atoms with Crippen molar-refractivity contribution >= 4 is 17.4 Å². The number of nitrogens with zero attached hydrogens (tertiary/aromatic N) is 5. The molecule has 0 saturated carbocycles. The minimum absolute atomic E-state index is 0.0249. The van der Waals surface area contributed by atoms with E-state index in [1.54, 1.807) is 25.4 Å². The van der Waals surface area contributed by atoms with Crippen molar-refractivity contribution in [3.63, 3.8) is 0 Å². The lowest BCUT2D eigenvalue weighted by Gasteiger charge is -2.32. The van der Waals surface area contributed by atoms with Crippen molar-refractivity contribution in [1.82, 2.24) is 24.6 Å². The van der Waals surface area contributed by atoms with Crippen LogP contribution in [0.5, 0.6) is 5.75 Å². The molecule has 0 bridgehead atoms. The molecule has 0 spiro atoms. The molecule has 0 saturated heterocycles. The molecule has 0 radical (unpaired) electrons. The van der Waals surface area contributed by atoms with Gasteiger partial charge >= 0.3 is 0 Å². The molecule has 1 N–H and O–H groups in total. The molecule has 0 unspecified atom stereocenters. The van der Waals surface area contributed by atoms with Crippen molar-refractivity contribution in [2.75, 3.05) is 6.61 Å².